The van der Waals surface area contributed by atoms with E-state index in [4.69, 9.17) is 0 Å². The summed E-state index contributed by atoms with van der Waals surface area (Å²) in [5.74, 6) is 0. The molecule has 2 aromatic heterocycles. The minimum atomic E-state index is 1.01. The molecule has 0 saturated carbocycles. The van der Waals surface area contributed by atoms with E-state index < -0.39 is 0 Å². The van der Waals surface area contributed by atoms with Gasteiger partial charge in [-0.2, -0.15) is 0 Å². The molecule has 0 radical (unpaired) electrons. The van der Waals surface area contributed by atoms with E-state index in [1.807, 2.05) is 22.7 Å². The maximum atomic E-state index is 3.45. The summed E-state index contributed by atoms with van der Waals surface area (Å²) in [6.45, 7) is 6.39. The minimum absolute atomic E-state index is 1.01. The summed E-state index contributed by atoms with van der Waals surface area (Å²) in [6.07, 6.45) is 1.20. The van der Waals surface area contributed by atoms with Gasteiger partial charge < -0.3 is 5.32 Å². The third-order valence-electron chi connectivity index (χ3n) is 2.87. The van der Waals surface area contributed by atoms with Gasteiger partial charge >= 0.3 is 0 Å². The van der Waals surface area contributed by atoms with Gasteiger partial charge in [-0.1, -0.05) is 13.0 Å². The molecule has 2 nitrogen and oxygen atoms in total. The first kappa shape index (κ1) is 14.7. The molecule has 4 heteroatoms. The summed E-state index contributed by atoms with van der Waals surface area (Å²) < 4.78 is 0. The fourth-order valence-corrected chi connectivity index (χ4v) is 3.83. The van der Waals surface area contributed by atoms with E-state index in [-0.39, 0.29) is 0 Å². The van der Waals surface area contributed by atoms with E-state index in [0.29, 0.717) is 0 Å². The van der Waals surface area contributed by atoms with Crippen LogP contribution in [0.3, 0.4) is 0 Å². The van der Waals surface area contributed by atoms with E-state index in [2.05, 4.69) is 53.8 Å². The Hall–Kier alpha value is -0.680. The van der Waals surface area contributed by atoms with E-state index in [1.54, 1.807) is 0 Å². The highest BCUT2D eigenvalue weighted by molar-refractivity contribution is 7.12. The fourth-order valence-electron chi connectivity index (χ4n) is 1.98. The Morgan fingerprint density at radius 3 is 2.63 bits per heavy atom. The van der Waals surface area contributed by atoms with Crippen LogP contribution in [0.4, 0.5) is 0 Å². The van der Waals surface area contributed by atoms with Crippen LogP contribution in [0.15, 0.2) is 29.6 Å². The fraction of sp³-hybridized carbons (Fsp3) is 0.467. The zero-order valence-electron chi connectivity index (χ0n) is 11.7. The third-order valence-corrected chi connectivity index (χ3v) is 4.81. The molecule has 0 spiro atoms. The van der Waals surface area contributed by atoms with Crippen LogP contribution in [0.1, 0.15) is 28.0 Å². The molecule has 0 aliphatic rings. The minimum Gasteiger partial charge on any atom is -0.312 e. The van der Waals surface area contributed by atoms with Crippen LogP contribution in [-0.4, -0.2) is 18.5 Å². The summed E-state index contributed by atoms with van der Waals surface area (Å²) >= 11 is 3.76. The lowest BCUT2D eigenvalue weighted by molar-refractivity contribution is 0.325. The summed E-state index contributed by atoms with van der Waals surface area (Å²) in [5.41, 5.74) is 0. The zero-order valence-corrected chi connectivity index (χ0v) is 13.3. The van der Waals surface area contributed by atoms with Gasteiger partial charge in [0.15, 0.2) is 0 Å². The highest BCUT2D eigenvalue weighted by atomic mass is 32.1. The van der Waals surface area contributed by atoms with Gasteiger partial charge in [-0.3, -0.25) is 4.90 Å². The largest absolute Gasteiger partial charge is 0.312 e. The maximum Gasteiger partial charge on any atom is 0.0328 e. The maximum absolute atomic E-state index is 3.45. The van der Waals surface area contributed by atoms with Crippen molar-refractivity contribution in [3.8, 4) is 0 Å². The van der Waals surface area contributed by atoms with Crippen LogP contribution in [0.5, 0.6) is 0 Å². The van der Waals surface area contributed by atoms with Crippen molar-refractivity contribution in [2.75, 3.05) is 13.6 Å². The number of rotatable bonds is 8. The van der Waals surface area contributed by atoms with Gasteiger partial charge in [0.2, 0.25) is 0 Å². The van der Waals surface area contributed by atoms with Gasteiger partial charge in [-0.25, -0.2) is 0 Å². The number of nitrogens with one attached hydrogen (secondary N) is 1. The van der Waals surface area contributed by atoms with E-state index in [0.717, 1.165) is 26.2 Å². The number of hydrogen-bond donors (Lipinski definition) is 1. The monoisotopic (exact) mass is 294 g/mol. The first-order valence-electron chi connectivity index (χ1n) is 6.77. The predicted octanol–water partition coefficient (Wildman–Crippen LogP) is 3.94. The second-order valence-electron chi connectivity index (χ2n) is 4.80. The van der Waals surface area contributed by atoms with E-state index in [1.165, 1.54) is 21.1 Å². The van der Waals surface area contributed by atoms with Crippen molar-refractivity contribution >= 4 is 22.7 Å². The highest BCUT2D eigenvalue weighted by Gasteiger charge is 2.05. The Kier molecular flexibility index (Phi) is 6.04. The van der Waals surface area contributed by atoms with Crippen molar-refractivity contribution in [1.82, 2.24) is 10.2 Å². The lowest BCUT2D eigenvalue weighted by Crippen LogP contribution is -2.15. The van der Waals surface area contributed by atoms with E-state index >= 15 is 0 Å². The van der Waals surface area contributed by atoms with Crippen LogP contribution in [0, 0.1) is 0 Å². The van der Waals surface area contributed by atoms with Gasteiger partial charge in [0.05, 0.1) is 0 Å². The normalized spacial score (nSPS) is 11.3. The molecule has 0 fully saturated rings. The average molecular weight is 294 g/mol. The molecule has 0 aliphatic carbocycles. The van der Waals surface area contributed by atoms with Crippen LogP contribution in [0.2, 0.25) is 0 Å². The van der Waals surface area contributed by atoms with Crippen molar-refractivity contribution < 1.29 is 0 Å². The Labute approximate surface area is 124 Å². The van der Waals surface area contributed by atoms with Crippen molar-refractivity contribution in [1.29, 1.82) is 0 Å². The van der Waals surface area contributed by atoms with E-state index in [9.17, 15) is 0 Å². The lowest BCUT2D eigenvalue weighted by Gasteiger charge is -2.14. The predicted molar refractivity (Wildman–Crippen MR) is 85.8 cm³/mol. The van der Waals surface area contributed by atoms with Crippen molar-refractivity contribution in [2.24, 2.45) is 0 Å². The average Bonchev–Trinajstić information content (AvgIpc) is 3.02. The van der Waals surface area contributed by atoms with Crippen LogP contribution < -0.4 is 5.32 Å². The second kappa shape index (κ2) is 7.80. The SMILES string of the molecule is CCCNCc1ccc(CN(C)Cc2cccs2)s1. The van der Waals surface area contributed by atoms with Crippen LogP contribution in [0.25, 0.3) is 0 Å². The van der Waals surface area contributed by atoms with Gasteiger partial charge in [0, 0.05) is 34.3 Å². The van der Waals surface area contributed by atoms with Gasteiger partial charge in [0.1, 0.15) is 0 Å². The molecule has 104 valence electrons. The number of hydrogen-bond acceptors (Lipinski definition) is 4. The van der Waals surface area contributed by atoms with Crippen molar-refractivity contribution in [2.45, 2.75) is 33.0 Å². The molecule has 0 amide bonds. The molecule has 0 aromatic carbocycles. The molecule has 0 bridgehead atoms. The van der Waals surface area contributed by atoms with Gasteiger partial charge in [-0.05, 0) is 43.6 Å². The van der Waals surface area contributed by atoms with Crippen molar-refractivity contribution in [3.05, 3.63) is 44.3 Å². The molecule has 1 N–H and O–H groups in total. The molecule has 2 rings (SSSR count). The first-order valence-corrected chi connectivity index (χ1v) is 8.46. The Bertz CT molecular complexity index is 462. The molecule has 2 aromatic rings. The third kappa shape index (κ3) is 5.07. The van der Waals surface area contributed by atoms with Crippen LogP contribution in [-0.2, 0) is 19.6 Å². The summed E-state index contributed by atoms with van der Waals surface area (Å²) in [7, 11) is 2.19. The summed E-state index contributed by atoms with van der Waals surface area (Å²) in [5, 5.41) is 5.60. The second-order valence-corrected chi connectivity index (χ2v) is 7.08. The Balaban J connectivity index is 1.78. The Morgan fingerprint density at radius 1 is 1.11 bits per heavy atom. The Morgan fingerprint density at radius 2 is 1.89 bits per heavy atom. The molecular formula is C15H22N2S2. The summed E-state index contributed by atoms with van der Waals surface area (Å²) in [4.78, 5) is 6.70. The van der Waals surface area contributed by atoms with Crippen molar-refractivity contribution in [3.63, 3.8) is 0 Å². The molecule has 2 heterocycles. The highest BCUT2D eigenvalue weighted by Crippen LogP contribution is 2.19. The molecule has 0 atom stereocenters. The molecule has 0 aliphatic heterocycles. The number of nitrogens with zero attached hydrogens (tertiary/aromatic N) is 1. The number of thiophene rings is 2. The molecule has 0 unspecified atom stereocenters. The molecular weight excluding hydrogens is 272 g/mol. The smallest absolute Gasteiger partial charge is 0.0328 e. The quantitative estimate of drug-likeness (QED) is 0.742. The zero-order chi connectivity index (χ0) is 13.5. The summed E-state index contributed by atoms with van der Waals surface area (Å²) in [6, 6.07) is 8.84. The molecule has 0 saturated heterocycles. The standard InChI is InChI=1S/C15H22N2S2/c1-3-8-16-10-13-6-7-15(19-13)12-17(2)11-14-5-4-9-18-14/h4-7,9,16H,3,8,10-12H2,1-2H3. The first-order chi connectivity index (χ1) is 9.28. The topological polar surface area (TPSA) is 15.3 Å². The van der Waals surface area contributed by atoms with Gasteiger partial charge in [-0.15, -0.1) is 22.7 Å². The lowest BCUT2D eigenvalue weighted by atomic mass is 10.3. The van der Waals surface area contributed by atoms with Gasteiger partial charge in [0.25, 0.3) is 0 Å². The molecule has 19 heavy (non-hydrogen) atoms. The van der Waals surface area contributed by atoms with Crippen LogP contribution >= 0.6 is 22.7 Å².